The normalized spacial score (nSPS) is 18.7. The molecule has 1 atom stereocenters. The van der Waals surface area contributed by atoms with E-state index in [0.717, 1.165) is 0 Å². The molecule has 0 saturated carbocycles. The molecule has 6 heteroatoms. The summed E-state index contributed by atoms with van der Waals surface area (Å²) >= 11 is 0. The first-order chi connectivity index (χ1) is 9.01. The summed E-state index contributed by atoms with van der Waals surface area (Å²) < 4.78 is 18.1. The van der Waals surface area contributed by atoms with Crippen LogP contribution in [-0.2, 0) is 16.1 Å². The number of amides is 1. The van der Waals surface area contributed by atoms with E-state index in [2.05, 4.69) is 0 Å². The highest BCUT2D eigenvalue weighted by atomic mass is 19.1. The van der Waals surface area contributed by atoms with Gasteiger partial charge in [0.05, 0.1) is 13.0 Å². The molecule has 0 spiro atoms. The van der Waals surface area contributed by atoms with Crippen LogP contribution in [-0.4, -0.2) is 35.5 Å². The van der Waals surface area contributed by atoms with Crippen LogP contribution in [0.2, 0.25) is 0 Å². The second-order valence-electron chi connectivity index (χ2n) is 4.47. The quantitative estimate of drug-likeness (QED) is 0.892. The van der Waals surface area contributed by atoms with Crippen LogP contribution >= 0.6 is 0 Å². The summed E-state index contributed by atoms with van der Waals surface area (Å²) in [6.45, 7) is 0.404. The molecule has 2 rings (SSSR count). The van der Waals surface area contributed by atoms with Gasteiger partial charge >= 0.3 is 5.97 Å². The van der Waals surface area contributed by atoms with Gasteiger partial charge in [-0.15, -0.1) is 0 Å². The van der Waals surface area contributed by atoms with E-state index in [1.54, 1.807) is 0 Å². The van der Waals surface area contributed by atoms with Gasteiger partial charge in [-0.25, -0.2) is 4.39 Å². The van der Waals surface area contributed by atoms with Gasteiger partial charge < -0.3 is 14.7 Å². The van der Waals surface area contributed by atoms with Crippen molar-refractivity contribution in [2.75, 3.05) is 13.7 Å². The first-order valence-electron chi connectivity index (χ1n) is 5.84. The molecule has 1 N–H and O–H groups in total. The molecule has 1 aromatic rings. The Morgan fingerprint density at radius 3 is 2.89 bits per heavy atom. The van der Waals surface area contributed by atoms with Crippen molar-refractivity contribution in [1.82, 2.24) is 4.90 Å². The largest absolute Gasteiger partial charge is 0.496 e. The van der Waals surface area contributed by atoms with E-state index in [4.69, 9.17) is 9.84 Å². The van der Waals surface area contributed by atoms with E-state index in [9.17, 15) is 14.0 Å². The van der Waals surface area contributed by atoms with Gasteiger partial charge in [0.1, 0.15) is 11.6 Å². The van der Waals surface area contributed by atoms with Crippen molar-refractivity contribution in [1.29, 1.82) is 0 Å². The van der Waals surface area contributed by atoms with Gasteiger partial charge in [0.2, 0.25) is 5.91 Å². The predicted molar refractivity (Wildman–Crippen MR) is 64.1 cm³/mol. The van der Waals surface area contributed by atoms with E-state index in [1.807, 2.05) is 0 Å². The fourth-order valence-corrected chi connectivity index (χ4v) is 2.15. The summed E-state index contributed by atoms with van der Waals surface area (Å²) in [5, 5.41) is 8.90. The average molecular weight is 267 g/mol. The van der Waals surface area contributed by atoms with Crippen molar-refractivity contribution >= 4 is 11.9 Å². The molecule has 19 heavy (non-hydrogen) atoms. The number of likely N-dealkylation sites (tertiary alicyclic amines) is 1. The molecule has 1 fully saturated rings. The Morgan fingerprint density at radius 1 is 1.58 bits per heavy atom. The average Bonchev–Trinajstić information content (AvgIpc) is 2.73. The lowest BCUT2D eigenvalue weighted by molar-refractivity contribution is -0.141. The summed E-state index contributed by atoms with van der Waals surface area (Å²) in [6, 6.07) is 4.06. The Kier molecular flexibility index (Phi) is 3.69. The van der Waals surface area contributed by atoms with E-state index in [1.165, 1.54) is 30.2 Å². The lowest BCUT2D eigenvalue weighted by Gasteiger charge is -2.18. The number of carboxylic acids is 1. The van der Waals surface area contributed by atoms with Crippen LogP contribution in [0.1, 0.15) is 12.0 Å². The maximum Gasteiger partial charge on any atom is 0.308 e. The number of benzene rings is 1. The van der Waals surface area contributed by atoms with Gasteiger partial charge in [0.25, 0.3) is 0 Å². The van der Waals surface area contributed by atoms with Crippen LogP contribution < -0.4 is 4.74 Å². The molecule has 102 valence electrons. The number of ether oxygens (including phenoxy) is 1. The minimum atomic E-state index is -0.970. The van der Waals surface area contributed by atoms with E-state index < -0.39 is 17.7 Å². The number of nitrogens with zero attached hydrogens (tertiary/aromatic N) is 1. The minimum Gasteiger partial charge on any atom is -0.496 e. The highest BCUT2D eigenvalue weighted by Gasteiger charge is 2.34. The molecule has 1 unspecified atom stereocenters. The first kappa shape index (κ1) is 13.3. The SMILES string of the molecule is COc1cc(F)ccc1CN1CC(C(=O)O)CC1=O. The van der Waals surface area contributed by atoms with Crippen LogP contribution in [0.3, 0.4) is 0 Å². The fourth-order valence-electron chi connectivity index (χ4n) is 2.15. The Hall–Kier alpha value is -2.11. The summed E-state index contributed by atoms with van der Waals surface area (Å²) in [7, 11) is 1.42. The summed E-state index contributed by atoms with van der Waals surface area (Å²) in [6.07, 6.45) is 0.0127. The molecule has 1 aromatic carbocycles. The standard InChI is InChI=1S/C13H14FNO4/c1-19-11-5-10(14)3-2-8(11)6-15-7-9(13(17)18)4-12(15)16/h2-3,5,9H,4,6-7H2,1H3,(H,17,18). The predicted octanol–water partition coefficient (Wildman–Crippen LogP) is 1.27. The Morgan fingerprint density at radius 2 is 2.32 bits per heavy atom. The Balaban J connectivity index is 2.13. The summed E-state index contributed by atoms with van der Waals surface area (Å²) in [4.78, 5) is 24.0. The third-order valence-electron chi connectivity index (χ3n) is 3.17. The zero-order chi connectivity index (χ0) is 14.0. The van der Waals surface area contributed by atoms with E-state index in [-0.39, 0.29) is 25.4 Å². The van der Waals surface area contributed by atoms with Crippen molar-refractivity contribution in [2.45, 2.75) is 13.0 Å². The monoisotopic (exact) mass is 267 g/mol. The molecule has 0 aliphatic carbocycles. The topological polar surface area (TPSA) is 66.8 Å². The molecule has 1 heterocycles. The van der Waals surface area contributed by atoms with Crippen molar-refractivity contribution in [3.63, 3.8) is 0 Å². The summed E-state index contributed by atoms with van der Waals surface area (Å²) in [5.74, 6) is -1.91. The van der Waals surface area contributed by atoms with Crippen molar-refractivity contribution in [3.05, 3.63) is 29.6 Å². The van der Waals surface area contributed by atoms with Gasteiger partial charge in [-0.3, -0.25) is 9.59 Å². The third-order valence-corrected chi connectivity index (χ3v) is 3.17. The number of carbonyl (C=O) groups is 2. The fraction of sp³-hybridized carbons (Fsp3) is 0.385. The number of methoxy groups -OCH3 is 1. The van der Waals surface area contributed by atoms with Crippen LogP contribution in [0.4, 0.5) is 4.39 Å². The summed E-state index contributed by atoms with van der Waals surface area (Å²) in [5.41, 5.74) is 0.656. The smallest absolute Gasteiger partial charge is 0.308 e. The minimum absolute atomic E-state index is 0.0127. The molecule has 0 radical (unpaired) electrons. The molecule has 5 nitrogen and oxygen atoms in total. The van der Waals surface area contributed by atoms with Crippen molar-refractivity contribution in [2.24, 2.45) is 5.92 Å². The molecular formula is C13H14FNO4. The second kappa shape index (κ2) is 5.26. The molecule has 0 aromatic heterocycles. The van der Waals surface area contributed by atoms with Crippen LogP contribution in [0, 0.1) is 11.7 Å². The maximum atomic E-state index is 13.1. The number of hydrogen-bond acceptors (Lipinski definition) is 3. The van der Waals surface area contributed by atoms with Crippen molar-refractivity contribution < 1.29 is 23.8 Å². The molecule has 0 bridgehead atoms. The third kappa shape index (κ3) is 2.83. The molecule has 1 aliphatic rings. The molecule has 1 aliphatic heterocycles. The van der Waals surface area contributed by atoms with Crippen LogP contribution in [0.15, 0.2) is 18.2 Å². The second-order valence-corrected chi connectivity index (χ2v) is 4.47. The number of carboxylic acid groups (broad SMARTS) is 1. The van der Waals surface area contributed by atoms with Gasteiger partial charge in [-0.1, -0.05) is 6.07 Å². The van der Waals surface area contributed by atoms with Gasteiger partial charge in [-0.2, -0.15) is 0 Å². The van der Waals surface area contributed by atoms with Crippen LogP contribution in [0.5, 0.6) is 5.75 Å². The van der Waals surface area contributed by atoms with Gasteiger partial charge in [-0.05, 0) is 6.07 Å². The number of carbonyl (C=O) groups excluding carboxylic acids is 1. The van der Waals surface area contributed by atoms with Gasteiger partial charge in [0, 0.05) is 31.1 Å². The zero-order valence-electron chi connectivity index (χ0n) is 10.4. The lowest BCUT2D eigenvalue weighted by atomic mass is 10.1. The molecular weight excluding hydrogens is 253 g/mol. The Labute approximate surface area is 109 Å². The number of hydrogen-bond donors (Lipinski definition) is 1. The number of rotatable bonds is 4. The first-order valence-corrected chi connectivity index (χ1v) is 5.84. The lowest BCUT2D eigenvalue weighted by Crippen LogP contribution is -2.26. The van der Waals surface area contributed by atoms with Crippen molar-refractivity contribution in [3.8, 4) is 5.75 Å². The number of aliphatic carboxylic acids is 1. The highest BCUT2D eigenvalue weighted by Crippen LogP contribution is 2.25. The van der Waals surface area contributed by atoms with E-state index >= 15 is 0 Å². The molecule has 1 amide bonds. The highest BCUT2D eigenvalue weighted by molar-refractivity contribution is 5.86. The van der Waals surface area contributed by atoms with Gasteiger partial charge in [0.15, 0.2) is 0 Å². The number of halogens is 1. The van der Waals surface area contributed by atoms with Crippen LogP contribution in [0.25, 0.3) is 0 Å². The maximum absolute atomic E-state index is 13.1. The van der Waals surface area contributed by atoms with E-state index in [0.29, 0.717) is 11.3 Å². The zero-order valence-corrected chi connectivity index (χ0v) is 10.4. The molecule has 1 saturated heterocycles. The Bertz CT molecular complexity index is 517.